The first-order valence-corrected chi connectivity index (χ1v) is 10.5. The number of anilines is 1. The number of nitrogens with zero attached hydrogens (tertiary/aromatic N) is 3. The summed E-state index contributed by atoms with van der Waals surface area (Å²) >= 11 is 1.63. The highest BCUT2D eigenvalue weighted by molar-refractivity contribution is 7.88. The van der Waals surface area contributed by atoms with E-state index in [1.54, 1.807) is 18.4 Å². The monoisotopic (exact) mass is 369 g/mol. The van der Waals surface area contributed by atoms with Crippen LogP contribution in [-0.2, 0) is 10.0 Å². The number of hydrogen-bond acceptors (Lipinski definition) is 7. The third-order valence-corrected chi connectivity index (χ3v) is 7.07. The van der Waals surface area contributed by atoms with Crippen LogP contribution in [0.4, 0.5) is 5.13 Å². The van der Waals surface area contributed by atoms with E-state index >= 15 is 0 Å². The second-order valence-corrected chi connectivity index (χ2v) is 9.22. The van der Waals surface area contributed by atoms with Crippen molar-refractivity contribution in [2.75, 3.05) is 38.1 Å². The summed E-state index contributed by atoms with van der Waals surface area (Å²) in [4.78, 5) is 6.94. The van der Waals surface area contributed by atoms with Gasteiger partial charge in [-0.2, -0.15) is 0 Å². The molecule has 130 valence electrons. The minimum atomic E-state index is -3.14. The van der Waals surface area contributed by atoms with Gasteiger partial charge in [-0.3, -0.25) is 0 Å². The van der Waals surface area contributed by atoms with Crippen molar-refractivity contribution in [2.24, 2.45) is 0 Å². The van der Waals surface area contributed by atoms with Crippen molar-refractivity contribution in [1.29, 1.82) is 0 Å². The van der Waals surface area contributed by atoms with E-state index in [1.807, 2.05) is 12.1 Å². The predicted molar refractivity (Wildman–Crippen MR) is 93.6 cm³/mol. The van der Waals surface area contributed by atoms with Crippen molar-refractivity contribution >= 4 is 36.7 Å². The van der Waals surface area contributed by atoms with Crippen LogP contribution in [0.3, 0.4) is 0 Å². The zero-order valence-electron chi connectivity index (χ0n) is 13.6. The largest absolute Gasteiger partial charge is 0.454 e. The summed E-state index contributed by atoms with van der Waals surface area (Å²) in [5, 5.41) is 0.967. The summed E-state index contributed by atoms with van der Waals surface area (Å²) < 4.78 is 36.7. The molecule has 1 fully saturated rings. The molecule has 0 unspecified atom stereocenters. The molecule has 0 N–H and O–H groups in total. The fraction of sp³-hybridized carbons (Fsp3) is 0.533. The van der Waals surface area contributed by atoms with Gasteiger partial charge in [-0.15, -0.1) is 0 Å². The molecule has 1 aromatic carbocycles. The number of sulfonamides is 1. The second kappa shape index (κ2) is 5.75. The van der Waals surface area contributed by atoms with E-state index in [1.165, 1.54) is 10.6 Å². The number of benzene rings is 1. The summed E-state index contributed by atoms with van der Waals surface area (Å²) in [6.45, 7) is 1.87. The SMILES string of the molecule is CN(C1CCN(c2nc3cc4c(cc3s2)OCO4)CC1)S(C)(=O)=O. The smallest absolute Gasteiger partial charge is 0.231 e. The number of hydrogen-bond donors (Lipinski definition) is 0. The molecule has 0 bridgehead atoms. The van der Waals surface area contributed by atoms with Gasteiger partial charge in [-0.1, -0.05) is 11.3 Å². The topological polar surface area (TPSA) is 72.0 Å². The Hall–Kier alpha value is -1.58. The standard InChI is InChI=1S/C15H19N3O4S2/c1-17(24(2,19)20)10-3-5-18(6-4-10)15-16-11-7-12-13(22-9-21-12)8-14(11)23-15/h7-8,10H,3-6,9H2,1-2H3. The molecule has 2 aliphatic rings. The number of fused-ring (bicyclic) bond motifs is 2. The zero-order chi connectivity index (χ0) is 16.9. The third-order valence-electron chi connectivity index (χ3n) is 4.64. The molecule has 4 rings (SSSR count). The summed E-state index contributed by atoms with van der Waals surface area (Å²) in [7, 11) is -1.48. The molecule has 0 aliphatic carbocycles. The average Bonchev–Trinajstić information content (AvgIpc) is 3.16. The van der Waals surface area contributed by atoms with Crippen molar-refractivity contribution in [3.05, 3.63) is 12.1 Å². The Balaban J connectivity index is 1.51. The summed E-state index contributed by atoms with van der Waals surface area (Å²) in [5.74, 6) is 1.51. The first-order chi connectivity index (χ1) is 11.4. The molecular formula is C15H19N3O4S2. The first-order valence-electron chi connectivity index (χ1n) is 7.80. The van der Waals surface area contributed by atoms with Crippen LogP contribution in [0.25, 0.3) is 10.2 Å². The zero-order valence-corrected chi connectivity index (χ0v) is 15.2. The molecule has 0 amide bonds. The number of piperidine rings is 1. The Labute approximate surface area is 144 Å². The summed E-state index contributed by atoms with van der Waals surface area (Å²) in [6.07, 6.45) is 2.88. The maximum absolute atomic E-state index is 11.7. The predicted octanol–water partition coefficient (Wildman–Crippen LogP) is 1.89. The van der Waals surface area contributed by atoms with Gasteiger partial charge in [0.15, 0.2) is 16.6 Å². The average molecular weight is 369 g/mol. The quantitative estimate of drug-likeness (QED) is 0.823. The van der Waals surface area contributed by atoms with Crippen molar-refractivity contribution < 1.29 is 17.9 Å². The maximum atomic E-state index is 11.7. The molecule has 0 spiro atoms. The fourth-order valence-corrected chi connectivity index (χ4v) is 4.91. The molecule has 2 aliphatic heterocycles. The number of thiazole rings is 1. The Morgan fingerprint density at radius 1 is 1.25 bits per heavy atom. The van der Waals surface area contributed by atoms with Crippen LogP contribution in [0, 0.1) is 0 Å². The summed E-state index contributed by atoms with van der Waals surface area (Å²) in [5.41, 5.74) is 0.912. The van der Waals surface area contributed by atoms with Crippen LogP contribution >= 0.6 is 11.3 Å². The Bertz CT molecular complexity index is 831. The molecule has 24 heavy (non-hydrogen) atoms. The van der Waals surface area contributed by atoms with E-state index in [4.69, 9.17) is 14.5 Å². The second-order valence-electron chi connectivity index (χ2n) is 6.17. The lowest BCUT2D eigenvalue weighted by atomic mass is 10.1. The van der Waals surface area contributed by atoms with E-state index in [0.717, 1.165) is 52.8 Å². The van der Waals surface area contributed by atoms with E-state index in [-0.39, 0.29) is 12.8 Å². The van der Waals surface area contributed by atoms with Gasteiger partial charge >= 0.3 is 0 Å². The highest BCUT2D eigenvalue weighted by Gasteiger charge is 2.28. The number of ether oxygens (including phenoxy) is 2. The lowest BCUT2D eigenvalue weighted by Gasteiger charge is -2.35. The van der Waals surface area contributed by atoms with Gasteiger partial charge < -0.3 is 14.4 Å². The van der Waals surface area contributed by atoms with Crippen molar-refractivity contribution in [1.82, 2.24) is 9.29 Å². The molecule has 0 atom stereocenters. The first kappa shape index (κ1) is 15.9. The molecule has 7 nitrogen and oxygen atoms in total. The lowest BCUT2D eigenvalue weighted by Crippen LogP contribution is -2.45. The Morgan fingerprint density at radius 2 is 1.92 bits per heavy atom. The van der Waals surface area contributed by atoms with Crippen LogP contribution < -0.4 is 14.4 Å². The van der Waals surface area contributed by atoms with Crippen LogP contribution in [0.1, 0.15) is 12.8 Å². The molecule has 0 radical (unpaired) electrons. The van der Waals surface area contributed by atoms with Gasteiger partial charge in [0.1, 0.15) is 0 Å². The Kier molecular flexibility index (Phi) is 3.81. The molecule has 2 aromatic rings. The van der Waals surface area contributed by atoms with Gasteiger partial charge in [0.2, 0.25) is 16.8 Å². The number of aromatic nitrogens is 1. The molecule has 1 aromatic heterocycles. The third kappa shape index (κ3) is 2.80. The lowest BCUT2D eigenvalue weighted by molar-refractivity contribution is 0.174. The molecule has 3 heterocycles. The van der Waals surface area contributed by atoms with Gasteiger partial charge in [-0.05, 0) is 12.8 Å². The molecule has 0 saturated carbocycles. The van der Waals surface area contributed by atoms with Crippen molar-refractivity contribution in [3.8, 4) is 11.5 Å². The van der Waals surface area contributed by atoms with Crippen molar-refractivity contribution in [3.63, 3.8) is 0 Å². The van der Waals surface area contributed by atoms with E-state index in [0.29, 0.717) is 0 Å². The van der Waals surface area contributed by atoms with Gasteiger partial charge in [-0.25, -0.2) is 17.7 Å². The maximum Gasteiger partial charge on any atom is 0.231 e. The fourth-order valence-electron chi connectivity index (χ4n) is 3.13. The van der Waals surface area contributed by atoms with E-state index in [2.05, 4.69) is 4.90 Å². The van der Waals surface area contributed by atoms with E-state index in [9.17, 15) is 8.42 Å². The van der Waals surface area contributed by atoms with Crippen LogP contribution in [0.5, 0.6) is 11.5 Å². The van der Waals surface area contributed by atoms with Crippen LogP contribution in [-0.4, -0.2) is 56.9 Å². The molecular weight excluding hydrogens is 350 g/mol. The van der Waals surface area contributed by atoms with Crippen LogP contribution in [0.15, 0.2) is 12.1 Å². The van der Waals surface area contributed by atoms with Gasteiger partial charge in [0, 0.05) is 38.3 Å². The minimum absolute atomic E-state index is 0.0660. The highest BCUT2D eigenvalue weighted by Crippen LogP contribution is 2.40. The highest BCUT2D eigenvalue weighted by atomic mass is 32.2. The number of rotatable bonds is 3. The van der Waals surface area contributed by atoms with Gasteiger partial charge in [0.05, 0.1) is 16.5 Å². The minimum Gasteiger partial charge on any atom is -0.454 e. The van der Waals surface area contributed by atoms with Crippen molar-refractivity contribution in [2.45, 2.75) is 18.9 Å². The molecule has 9 heteroatoms. The Morgan fingerprint density at radius 3 is 2.58 bits per heavy atom. The molecule has 1 saturated heterocycles. The van der Waals surface area contributed by atoms with Gasteiger partial charge in [0.25, 0.3) is 0 Å². The van der Waals surface area contributed by atoms with Crippen LogP contribution in [0.2, 0.25) is 0 Å². The normalized spacial score (nSPS) is 18.7. The van der Waals surface area contributed by atoms with E-state index < -0.39 is 10.0 Å². The summed E-state index contributed by atoms with van der Waals surface area (Å²) in [6, 6.07) is 3.96.